The van der Waals surface area contributed by atoms with Crippen molar-refractivity contribution in [1.82, 2.24) is 4.90 Å². The molecule has 4 aromatic carbocycles. The first kappa shape index (κ1) is 37.1. The Labute approximate surface area is 317 Å². The molecule has 0 aromatic heterocycles. The first-order chi connectivity index (χ1) is 26.0. The number of nitrogens with zero attached hydrogens (tertiary/aromatic N) is 2. The van der Waals surface area contributed by atoms with E-state index in [0.29, 0.717) is 23.5 Å². The number of hydrogen-bond acceptors (Lipinski definition) is 7. The van der Waals surface area contributed by atoms with Crippen LogP contribution in [-0.2, 0) is 31.9 Å². The molecule has 1 spiro atoms. The van der Waals surface area contributed by atoms with E-state index in [1.54, 1.807) is 48.3 Å². The van der Waals surface area contributed by atoms with E-state index in [1.165, 1.54) is 0 Å². The highest BCUT2D eigenvalue weighted by Crippen LogP contribution is 2.60. The Morgan fingerprint density at radius 2 is 1.63 bits per heavy atom. The number of carbonyl (C=O) groups is 3. The zero-order valence-electron chi connectivity index (χ0n) is 31.6. The first-order valence-electron chi connectivity index (χ1n) is 18.7. The maximum Gasteiger partial charge on any atom is 0.264 e. The van der Waals surface area contributed by atoms with Gasteiger partial charge in [0.15, 0.2) is 5.60 Å². The molecule has 0 unspecified atom stereocenters. The summed E-state index contributed by atoms with van der Waals surface area (Å²) in [6, 6.07) is 30.0. The minimum absolute atomic E-state index is 0.0691. The third kappa shape index (κ3) is 6.51. The van der Waals surface area contributed by atoms with Crippen molar-refractivity contribution in [2.75, 3.05) is 37.6 Å². The van der Waals surface area contributed by atoms with Gasteiger partial charge in [0.1, 0.15) is 11.5 Å². The maximum absolute atomic E-state index is 15.2. The number of amides is 3. The number of anilines is 2. The highest BCUT2D eigenvalue weighted by molar-refractivity contribution is 6.08. The molecular formula is C44H49N3O7. The number of nitrogens with one attached hydrogen (secondary N) is 1. The lowest BCUT2D eigenvalue weighted by Crippen LogP contribution is -2.45. The van der Waals surface area contributed by atoms with E-state index in [9.17, 15) is 14.7 Å². The van der Waals surface area contributed by atoms with Crippen LogP contribution in [-0.4, -0.2) is 67.2 Å². The molecule has 4 aromatic rings. The van der Waals surface area contributed by atoms with E-state index in [1.807, 2.05) is 60.7 Å². The predicted molar refractivity (Wildman–Crippen MR) is 207 cm³/mol. The summed E-state index contributed by atoms with van der Waals surface area (Å²) in [5.74, 6) is 0.348. The molecule has 3 heterocycles. The topological polar surface area (TPSA) is 118 Å². The van der Waals surface area contributed by atoms with E-state index in [2.05, 4.69) is 38.2 Å². The standard InChI is InChI=1S/C44H49N3O7/c1-28-40(43(2,3)31-17-21-35(53-5)22-18-31)38(25-39(49)46-23-9-12-33(46)27-48)54-44(28)36-13-6-7-14-37(36)47(42(44)51)26-29-10-8-11-32(24-29)45-41(50)30-15-19-34(52-4)20-16-30/h6-8,10-11,13-22,24,28,33,38,40,48H,9,12,23,25-27H2,1-5H3,(H,45,50)/t28-,33-,38+,40-,44+/m0/s1. The Bertz CT molecular complexity index is 2010. The second-order valence-corrected chi connectivity index (χ2v) is 15.2. The SMILES string of the molecule is COc1ccc(C(=O)Nc2cccc(CN3C(=O)[C@]4(O[C@H](CC(=O)N5CCC[C@H]5CO)[C@@H](C(C)(C)c5ccc(OC)cc5)[C@@H]4C)c4ccccc43)c2)cc1. The lowest BCUT2D eigenvalue weighted by Gasteiger charge is -2.39. The number of ether oxygens (including phenoxy) is 3. The number of aliphatic hydroxyl groups excluding tert-OH is 1. The molecule has 0 aliphatic carbocycles. The minimum atomic E-state index is -1.34. The number of rotatable bonds is 11. The minimum Gasteiger partial charge on any atom is -0.497 e. The molecule has 0 radical (unpaired) electrons. The number of para-hydroxylation sites is 1. The van der Waals surface area contributed by atoms with Gasteiger partial charge in [0.2, 0.25) is 5.91 Å². The average Bonchev–Trinajstić information content (AvgIpc) is 3.85. The molecule has 0 bridgehead atoms. The summed E-state index contributed by atoms with van der Waals surface area (Å²) >= 11 is 0. The highest BCUT2D eigenvalue weighted by atomic mass is 16.5. The van der Waals surface area contributed by atoms with Gasteiger partial charge in [-0.05, 0) is 84.0 Å². The van der Waals surface area contributed by atoms with Crippen molar-refractivity contribution >= 4 is 29.1 Å². The molecule has 54 heavy (non-hydrogen) atoms. The molecule has 5 atom stereocenters. The lowest BCUT2D eigenvalue weighted by atomic mass is 9.63. The van der Waals surface area contributed by atoms with Crippen molar-refractivity contribution in [3.05, 3.63) is 119 Å². The van der Waals surface area contributed by atoms with Crippen LogP contribution in [0.3, 0.4) is 0 Å². The van der Waals surface area contributed by atoms with E-state index in [0.717, 1.165) is 41.0 Å². The fourth-order valence-corrected chi connectivity index (χ4v) is 9.14. The van der Waals surface area contributed by atoms with Crippen LogP contribution in [0.15, 0.2) is 97.1 Å². The molecule has 282 valence electrons. The number of fused-ring (bicyclic) bond motifs is 2. The van der Waals surface area contributed by atoms with Gasteiger partial charge in [0.25, 0.3) is 11.8 Å². The summed E-state index contributed by atoms with van der Waals surface area (Å²) in [5.41, 5.74) is 2.68. The van der Waals surface area contributed by atoms with Crippen LogP contribution >= 0.6 is 0 Å². The third-order valence-corrected chi connectivity index (χ3v) is 11.9. The Hall–Kier alpha value is -5.19. The molecule has 3 amide bonds. The van der Waals surface area contributed by atoms with Gasteiger partial charge >= 0.3 is 0 Å². The average molecular weight is 732 g/mol. The quantitative estimate of drug-likeness (QED) is 0.176. The fourth-order valence-electron chi connectivity index (χ4n) is 9.14. The number of aliphatic hydroxyl groups is 1. The molecule has 3 aliphatic rings. The second kappa shape index (κ2) is 14.9. The van der Waals surface area contributed by atoms with Gasteiger partial charge in [-0.25, -0.2) is 0 Å². The Morgan fingerprint density at radius 1 is 0.944 bits per heavy atom. The summed E-state index contributed by atoms with van der Waals surface area (Å²) in [6.45, 7) is 7.18. The van der Waals surface area contributed by atoms with Crippen LogP contribution < -0.4 is 19.7 Å². The summed E-state index contributed by atoms with van der Waals surface area (Å²) < 4.78 is 17.8. The molecule has 2 N–H and O–H groups in total. The van der Waals surface area contributed by atoms with Crippen molar-refractivity contribution in [3.8, 4) is 11.5 Å². The first-order valence-corrected chi connectivity index (χ1v) is 18.7. The van der Waals surface area contributed by atoms with Gasteiger partial charge in [-0.2, -0.15) is 0 Å². The zero-order chi connectivity index (χ0) is 38.2. The molecule has 3 aliphatic heterocycles. The van der Waals surface area contributed by atoms with E-state index >= 15 is 4.79 Å². The van der Waals surface area contributed by atoms with Crippen molar-refractivity contribution in [2.45, 2.75) is 69.7 Å². The largest absolute Gasteiger partial charge is 0.497 e. The number of hydrogen-bond donors (Lipinski definition) is 2. The number of carbonyl (C=O) groups excluding carboxylic acids is 3. The Balaban J connectivity index is 1.21. The van der Waals surface area contributed by atoms with Crippen LogP contribution in [0, 0.1) is 11.8 Å². The molecule has 2 saturated heterocycles. The maximum atomic E-state index is 15.2. The summed E-state index contributed by atoms with van der Waals surface area (Å²) in [6.07, 6.45) is 1.12. The van der Waals surface area contributed by atoms with Gasteiger partial charge in [-0.15, -0.1) is 0 Å². The van der Waals surface area contributed by atoms with E-state index < -0.39 is 17.1 Å². The van der Waals surface area contributed by atoms with Crippen LogP contribution in [0.1, 0.15) is 67.1 Å². The molecule has 0 saturated carbocycles. The normalized spacial score (nSPS) is 23.5. The van der Waals surface area contributed by atoms with Gasteiger partial charge in [-0.1, -0.05) is 63.2 Å². The monoisotopic (exact) mass is 731 g/mol. The highest BCUT2D eigenvalue weighted by Gasteiger charge is 2.66. The van der Waals surface area contributed by atoms with Gasteiger partial charge < -0.3 is 34.4 Å². The molecular weight excluding hydrogens is 682 g/mol. The van der Waals surface area contributed by atoms with Crippen molar-refractivity contribution in [1.29, 1.82) is 0 Å². The zero-order valence-corrected chi connectivity index (χ0v) is 31.6. The molecule has 7 rings (SSSR count). The van der Waals surface area contributed by atoms with Crippen LogP contribution in [0.2, 0.25) is 0 Å². The molecule has 2 fully saturated rings. The Kier molecular flexibility index (Phi) is 10.3. The third-order valence-electron chi connectivity index (χ3n) is 11.9. The number of likely N-dealkylation sites (tertiary alicyclic amines) is 1. The summed E-state index contributed by atoms with van der Waals surface area (Å²) in [5, 5.41) is 13.0. The molecule has 10 nitrogen and oxygen atoms in total. The lowest BCUT2D eigenvalue weighted by molar-refractivity contribution is -0.150. The van der Waals surface area contributed by atoms with Crippen LogP contribution in [0.25, 0.3) is 0 Å². The van der Waals surface area contributed by atoms with Gasteiger partial charge in [0.05, 0.1) is 51.6 Å². The Morgan fingerprint density at radius 3 is 2.31 bits per heavy atom. The predicted octanol–water partition coefficient (Wildman–Crippen LogP) is 6.70. The van der Waals surface area contributed by atoms with Gasteiger partial charge in [-0.3, -0.25) is 14.4 Å². The number of methoxy groups -OCH3 is 2. The summed E-state index contributed by atoms with van der Waals surface area (Å²) in [7, 11) is 3.22. The van der Waals surface area contributed by atoms with Crippen molar-refractivity contribution in [3.63, 3.8) is 0 Å². The van der Waals surface area contributed by atoms with Crippen molar-refractivity contribution in [2.24, 2.45) is 11.8 Å². The van der Waals surface area contributed by atoms with E-state index in [-0.39, 0.29) is 55.2 Å². The summed E-state index contributed by atoms with van der Waals surface area (Å²) in [4.78, 5) is 45.8. The van der Waals surface area contributed by atoms with Crippen LogP contribution in [0.5, 0.6) is 11.5 Å². The van der Waals surface area contributed by atoms with Crippen molar-refractivity contribution < 1.29 is 33.7 Å². The van der Waals surface area contributed by atoms with Gasteiger partial charge in [0, 0.05) is 35.2 Å². The molecule has 10 heteroatoms. The van der Waals surface area contributed by atoms with E-state index in [4.69, 9.17) is 14.2 Å². The number of benzene rings is 4. The fraction of sp³-hybridized carbons (Fsp3) is 0.386. The van der Waals surface area contributed by atoms with Crippen LogP contribution in [0.4, 0.5) is 11.4 Å². The smallest absolute Gasteiger partial charge is 0.264 e. The second-order valence-electron chi connectivity index (χ2n) is 15.2.